The molecule has 7 nitrogen and oxygen atoms in total. The van der Waals surface area contributed by atoms with Crippen LogP contribution in [0.5, 0.6) is 0 Å². The van der Waals surface area contributed by atoms with E-state index in [2.05, 4.69) is 5.32 Å². The molecule has 1 aromatic carbocycles. The maximum absolute atomic E-state index is 12.3. The minimum Gasteiger partial charge on any atom is -0.459 e. The lowest BCUT2D eigenvalue weighted by atomic mass is 10.1. The lowest BCUT2D eigenvalue weighted by Crippen LogP contribution is -2.51. The van der Waals surface area contributed by atoms with Crippen LogP contribution in [0.3, 0.4) is 0 Å². The van der Waals surface area contributed by atoms with E-state index in [0.29, 0.717) is 37.5 Å². The van der Waals surface area contributed by atoms with E-state index >= 15 is 0 Å². The fourth-order valence-electron chi connectivity index (χ4n) is 2.83. The van der Waals surface area contributed by atoms with Crippen LogP contribution in [-0.2, 0) is 4.79 Å². The van der Waals surface area contributed by atoms with Crippen molar-refractivity contribution < 1.29 is 18.8 Å². The molecule has 2 aromatic rings. The van der Waals surface area contributed by atoms with Crippen LogP contribution < -0.4 is 5.32 Å². The van der Waals surface area contributed by atoms with Crippen LogP contribution in [-0.4, -0.2) is 60.1 Å². The number of piperazine rings is 1. The van der Waals surface area contributed by atoms with Gasteiger partial charge in [-0.15, -0.1) is 0 Å². The molecule has 7 heteroatoms. The number of nitrogens with one attached hydrogen (secondary N) is 1. The molecule has 1 aliphatic heterocycles. The van der Waals surface area contributed by atoms with E-state index in [1.807, 2.05) is 0 Å². The van der Waals surface area contributed by atoms with Gasteiger partial charge in [-0.05, 0) is 43.3 Å². The highest BCUT2D eigenvalue weighted by Gasteiger charge is 2.25. The molecular formula is C19H21N3O4. The van der Waals surface area contributed by atoms with Gasteiger partial charge >= 0.3 is 0 Å². The van der Waals surface area contributed by atoms with E-state index in [9.17, 15) is 14.4 Å². The topological polar surface area (TPSA) is 82.9 Å². The number of carbonyl (C=O) groups is 3. The summed E-state index contributed by atoms with van der Waals surface area (Å²) in [6.45, 7) is 3.65. The predicted molar refractivity (Wildman–Crippen MR) is 96.1 cm³/mol. The number of nitrogens with zero attached hydrogens (tertiary/aromatic N) is 2. The maximum atomic E-state index is 12.3. The van der Waals surface area contributed by atoms with E-state index in [-0.39, 0.29) is 24.1 Å². The fourth-order valence-corrected chi connectivity index (χ4v) is 2.83. The smallest absolute Gasteiger partial charge is 0.289 e. The summed E-state index contributed by atoms with van der Waals surface area (Å²) in [6.07, 6.45) is 1.47. The SMILES string of the molecule is CC(=O)c1ccc(NCC(=O)N2CCN(C(=O)c3ccco3)CC2)cc1. The second-order valence-electron chi connectivity index (χ2n) is 6.14. The average Bonchev–Trinajstić information content (AvgIpc) is 3.20. The summed E-state index contributed by atoms with van der Waals surface area (Å²) in [5, 5.41) is 3.07. The molecule has 26 heavy (non-hydrogen) atoms. The number of benzene rings is 1. The maximum Gasteiger partial charge on any atom is 0.289 e. The Morgan fingerprint density at radius 1 is 1.00 bits per heavy atom. The van der Waals surface area contributed by atoms with Crippen LogP contribution in [0.4, 0.5) is 5.69 Å². The molecule has 0 aliphatic carbocycles. The van der Waals surface area contributed by atoms with Gasteiger partial charge in [0, 0.05) is 37.4 Å². The van der Waals surface area contributed by atoms with Crippen molar-refractivity contribution in [1.29, 1.82) is 0 Å². The summed E-state index contributed by atoms with van der Waals surface area (Å²) >= 11 is 0. The van der Waals surface area contributed by atoms with Crippen molar-refractivity contribution in [3.05, 3.63) is 54.0 Å². The molecule has 1 aliphatic rings. The number of anilines is 1. The molecule has 0 unspecified atom stereocenters. The molecule has 0 bridgehead atoms. The van der Waals surface area contributed by atoms with Crippen molar-refractivity contribution in [3.8, 4) is 0 Å². The summed E-state index contributed by atoms with van der Waals surface area (Å²) in [6, 6.07) is 10.3. The summed E-state index contributed by atoms with van der Waals surface area (Å²) in [4.78, 5) is 39.2. The highest BCUT2D eigenvalue weighted by molar-refractivity contribution is 5.94. The molecule has 0 atom stereocenters. The molecule has 0 saturated carbocycles. The van der Waals surface area contributed by atoms with Crippen molar-refractivity contribution in [2.45, 2.75) is 6.92 Å². The van der Waals surface area contributed by atoms with Gasteiger partial charge < -0.3 is 19.5 Å². The average molecular weight is 355 g/mol. The Morgan fingerprint density at radius 3 is 2.23 bits per heavy atom. The minimum atomic E-state index is -0.147. The van der Waals surface area contributed by atoms with Gasteiger partial charge in [-0.25, -0.2) is 0 Å². The zero-order valence-corrected chi connectivity index (χ0v) is 14.6. The second-order valence-corrected chi connectivity index (χ2v) is 6.14. The first-order chi connectivity index (χ1) is 12.5. The summed E-state index contributed by atoms with van der Waals surface area (Å²) in [7, 11) is 0. The Balaban J connectivity index is 1.46. The highest BCUT2D eigenvalue weighted by Crippen LogP contribution is 2.12. The molecule has 3 rings (SSSR count). The Labute approximate surface area is 151 Å². The quantitative estimate of drug-likeness (QED) is 0.828. The Morgan fingerprint density at radius 2 is 1.65 bits per heavy atom. The number of Topliss-reactive ketones (excluding diaryl/α,β-unsaturated/α-hetero) is 1. The minimum absolute atomic E-state index is 0.00888. The molecule has 1 fully saturated rings. The Hall–Kier alpha value is -3.09. The van der Waals surface area contributed by atoms with E-state index in [0.717, 1.165) is 5.69 Å². The number of hydrogen-bond acceptors (Lipinski definition) is 5. The fraction of sp³-hybridized carbons (Fsp3) is 0.316. The molecule has 2 amide bonds. The first kappa shape index (κ1) is 17.7. The Kier molecular flexibility index (Phi) is 5.36. The van der Waals surface area contributed by atoms with Crippen molar-refractivity contribution >= 4 is 23.3 Å². The monoisotopic (exact) mass is 355 g/mol. The molecule has 136 valence electrons. The summed E-state index contributed by atoms with van der Waals surface area (Å²) in [5.74, 6) is 0.159. The molecule has 0 radical (unpaired) electrons. The lowest BCUT2D eigenvalue weighted by Gasteiger charge is -2.34. The third kappa shape index (κ3) is 4.11. The first-order valence-electron chi connectivity index (χ1n) is 8.50. The summed E-state index contributed by atoms with van der Waals surface area (Å²) in [5.41, 5.74) is 1.43. The van der Waals surface area contributed by atoms with Gasteiger partial charge in [-0.3, -0.25) is 14.4 Å². The van der Waals surface area contributed by atoms with E-state index in [4.69, 9.17) is 4.42 Å². The van der Waals surface area contributed by atoms with E-state index in [1.54, 1.807) is 46.2 Å². The molecule has 1 aromatic heterocycles. The van der Waals surface area contributed by atoms with Crippen LogP contribution in [0, 0.1) is 0 Å². The number of ketones is 1. The van der Waals surface area contributed by atoms with Crippen molar-refractivity contribution in [2.24, 2.45) is 0 Å². The number of rotatable bonds is 5. The van der Waals surface area contributed by atoms with Gasteiger partial charge in [0.2, 0.25) is 5.91 Å². The number of carbonyl (C=O) groups excluding carboxylic acids is 3. The van der Waals surface area contributed by atoms with E-state index in [1.165, 1.54) is 13.2 Å². The van der Waals surface area contributed by atoms with Crippen LogP contribution in [0.2, 0.25) is 0 Å². The predicted octanol–water partition coefficient (Wildman–Crippen LogP) is 1.88. The van der Waals surface area contributed by atoms with Gasteiger partial charge in [0.1, 0.15) is 0 Å². The van der Waals surface area contributed by atoms with Crippen molar-refractivity contribution in [1.82, 2.24) is 9.80 Å². The van der Waals surface area contributed by atoms with Crippen LogP contribution in [0.1, 0.15) is 27.8 Å². The normalized spacial score (nSPS) is 14.2. The van der Waals surface area contributed by atoms with Gasteiger partial charge in [0.15, 0.2) is 11.5 Å². The zero-order chi connectivity index (χ0) is 18.5. The number of amides is 2. The van der Waals surface area contributed by atoms with Crippen LogP contribution >= 0.6 is 0 Å². The third-order valence-corrected chi connectivity index (χ3v) is 4.39. The van der Waals surface area contributed by atoms with Crippen molar-refractivity contribution in [2.75, 3.05) is 38.0 Å². The first-order valence-corrected chi connectivity index (χ1v) is 8.50. The molecule has 1 saturated heterocycles. The second kappa shape index (κ2) is 7.86. The molecule has 0 spiro atoms. The molecule has 1 N–H and O–H groups in total. The van der Waals surface area contributed by atoms with Crippen molar-refractivity contribution in [3.63, 3.8) is 0 Å². The van der Waals surface area contributed by atoms with Gasteiger partial charge in [-0.1, -0.05) is 0 Å². The number of hydrogen-bond donors (Lipinski definition) is 1. The van der Waals surface area contributed by atoms with Crippen LogP contribution in [0.25, 0.3) is 0 Å². The van der Waals surface area contributed by atoms with Crippen LogP contribution in [0.15, 0.2) is 47.1 Å². The zero-order valence-electron chi connectivity index (χ0n) is 14.6. The highest BCUT2D eigenvalue weighted by atomic mass is 16.3. The Bertz CT molecular complexity index is 776. The van der Waals surface area contributed by atoms with Gasteiger partial charge in [-0.2, -0.15) is 0 Å². The molecule has 2 heterocycles. The lowest BCUT2D eigenvalue weighted by molar-refractivity contribution is -0.130. The van der Waals surface area contributed by atoms with E-state index < -0.39 is 0 Å². The third-order valence-electron chi connectivity index (χ3n) is 4.39. The number of furan rings is 1. The standard InChI is InChI=1S/C19H21N3O4/c1-14(23)15-4-6-16(7-5-15)20-13-18(24)21-8-10-22(11-9-21)19(25)17-3-2-12-26-17/h2-7,12,20H,8-11,13H2,1H3. The van der Waals surface area contributed by atoms with Gasteiger partial charge in [0.25, 0.3) is 5.91 Å². The molecular weight excluding hydrogens is 334 g/mol. The van der Waals surface area contributed by atoms with Gasteiger partial charge in [0.05, 0.1) is 12.8 Å². The summed E-state index contributed by atoms with van der Waals surface area (Å²) < 4.78 is 5.13. The largest absolute Gasteiger partial charge is 0.459 e.